The number of ether oxygens (including phenoxy) is 1. The van der Waals surface area contributed by atoms with Gasteiger partial charge in [-0.1, -0.05) is 23.2 Å². The van der Waals surface area contributed by atoms with Crippen molar-refractivity contribution in [3.63, 3.8) is 0 Å². The molecule has 0 spiro atoms. The van der Waals surface area contributed by atoms with Gasteiger partial charge in [0.05, 0.1) is 29.6 Å². The Bertz CT molecular complexity index is 1200. The van der Waals surface area contributed by atoms with Gasteiger partial charge in [-0.15, -0.1) is 0 Å². The number of primary amides is 1. The highest BCUT2D eigenvalue weighted by molar-refractivity contribution is 6.36. The summed E-state index contributed by atoms with van der Waals surface area (Å²) in [5, 5.41) is 6.67. The SMILES string of the molecule is NC(=O)C1CCC(n2c(Nc3c(F)cc(Cl)cc3Cl)nc3cnc(N[C@H]4CCOC4)nc32)CC1. The Balaban J connectivity index is 1.54. The molecule has 1 saturated heterocycles. The van der Waals surface area contributed by atoms with Crippen molar-refractivity contribution in [2.45, 2.75) is 44.2 Å². The first-order valence-electron chi connectivity index (χ1n) is 11.2. The molecule has 3 heterocycles. The van der Waals surface area contributed by atoms with Crippen molar-refractivity contribution in [2.24, 2.45) is 11.7 Å². The molecule has 1 atom stereocenters. The first kappa shape index (κ1) is 23.1. The van der Waals surface area contributed by atoms with Crippen LogP contribution in [0.1, 0.15) is 38.1 Å². The quantitative estimate of drug-likeness (QED) is 0.451. The molecule has 180 valence electrons. The largest absolute Gasteiger partial charge is 0.379 e. The number of nitrogens with zero attached hydrogens (tertiary/aromatic N) is 4. The molecule has 4 N–H and O–H groups in total. The van der Waals surface area contributed by atoms with E-state index in [4.69, 9.17) is 38.7 Å². The third kappa shape index (κ3) is 4.62. The van der Waals surface area contributed by atoms with E-state index < -0.39 is 5.82 Å². The number of nitrogens with two attached hydrogens (primary N) is 1. The lowest BCUT2D eigenvalue weighted by atomic mass is 9.85. The van der Waals surface area contributed by atoms with E-state index in [-0.39, 0.29) is 39.6 Å². The zero-order chi connectivity index (χ0) is 23.8. The van der Waals surface area contributed by atoms with Gasteiger partial charge in [0.15, 0.2) is 5.65 Å². The summed E-state index contributed by atoms with van der Waals surface area (Å²) in [6.45, 7) is 1.29. The number of carbonyl (C=O) groups is 1. The van der Waals surface area contributed by atoms with E-state index in [1.165, 1.54) is 12.1 Å². The van der Waals surface area contributed by atoms with Gasteiger partial charge in [0.1, 0.15) is 11.3 Å². The second-order valence-corrected chi connectivity index (χ2v) is 9.53. The second kappa shape index (κ2) is 9.52. The summed E-state index contributed by atoms with van der Waals surface area (Å²) in [6.07, 6.45) is 5.23. The number of fused-ring (bicyclic) bond motifs is 1. The Labute approximate surface area is 205 Å². The Hall–Kier alpha value is -2.69. The van der Waals surface area contributed by atoms with Gasteiger partial charge in [-0.2, -0.15) is 4.98 Å². The van der Waals surface area contributed by atoms with Crippen LogP contribution in [-0.4, -0.2) is 44.7 Å². The molecule has 1 aliphatic heterocycles. The Morgan fingerprint density at radius 3 is 2.65 bits per heavy atom. The van der Waals surface area contributed by atoms with E-state index in [2.05, 4.69) is 20.6 Å². The summed E-state index contributed by atoms with van der Waals surface area (Å²) in [7, 11) is 0. The smallest absolute Gasteiger partial charge is 0.225 e. The molecule has 3 aromatic rings. The fourth-order valence-corrected chi connectivity index (χ4v) is 5.13. The normalized spacial score (nSPS) is 22.7. The van der Waals surface area contributed by atoms with Gasteiger partial charge in [0.2, 0.25) is 17.8 Å². The van der Waals surface area contributed by atoms with Crippen molar-refractivity contribution in [2.75, 3.05) is 23.8 Å². The molecule has 0 bridgehead atoms. The highest BCUT2D eigenvalue weighted by Gasteiger charge is 2.30. The molecule has 34 heavy (non-hydrogen) atoms. The van der Waals surface area contributed by atoms with Crippen LogP contribution >= 0.6 is 23.2 Å². The summed E-state index contributed by atoms with van der Waals surface area (Å²) in [4.78, 5) is 25.4. The molecule has 0 unspecified atom stereocenters. The highest BCUT2D eigenvalue weighted by atomic mass is 35.5. The van der Waals surface area contributed by atoms with E-state index in [9.17, 15) is 9.18 Å². The molecule has 1 aromatic carbocycles. The molecule has 9 nitrogen and oxygen atoms in total. The van der Waals surface area contributed by atoms with Crippen LogP contribution in [0.4, 0.5) is 22.0 Å². The van der Waals surface area contributed by atoms with Crippen LogP contribution in [0.25, 0.3) is 11.2 Å². The predicted octanol–water partition coefficient (Wildman–Crippen LogP) is 4.43. The monoisotopic (exact) mass is 507 g/mol. The minimum Gasteiger partial charge on any atom is -0.379 e. The number of rotatable bonds is 6. The zero-order valence-corrected chi connectivity index (χ0v) is 19.7. The lowest BCUT2D eigenvalue weighted by Gasteiger charge is -2.29. The van der Waals surface area contributed by atoms with Crippen molar-refractivity contribution in [1.82, 2.24) is 19.5 Å². The summed E-state index contributed by atoms with van der Waals surface area (Å²) < 4.78 is 22.1. The Kier molecular flexibility index (Phi) is 6.46. The van der Waals surface area contributed by atoms with Gasteiger partial charge in [0.25, 0.3) is 0 Å². The van der Waals surface area contributed by atoms with Gasteiger partial charge in [-0.3, -0.25) is 9.36 Å². The molecule has 2 fully saturated rings. The van der Waals surface area contributed by atoms with Crippen molar-refractivity contribution in [3.05, 3.63) is 34.2 Å². The number of hydrogen-bond acceptors (Lipinski definition) is 7. The fraction of sp³-hybridized carbons (Fsp3) is 0.455. The number of amides is 1. The maximum Gasteiger partial charge on any atom is 0.225 e. The first-order chi connectivity index (χ1) is 16.4. The fourth-order valence-electron chi connectivity index (χ4n) is 4.62. The van der Waals surface area contributed by atoms with E-state index in [1.54, 1.807) is 6.20 Å². The van der Waals surface area contributed by atoms with Gasteiger partial charge in [-0.25, -0.2) is 14.4 Å². The molecule has 12 heteroatoms. The number of aromatic nitrogens is 4. The summed E-state index contributed by atoms with van der Waals surface area (Å²) in [5.41, 5.74) is 6.75. The third-order valence-electron chi connectivity index (χ3n) is 6.40. The molecule has 1 saturated carbocycles. The average Bonchev–Trinajstić information content (AvgIpc) is 3.43. The highest BCUT2D eigenvalue weighted by Crippen LogP contribution is 2.38. The van der Waals surface area contributed by atoms with Crippen LogP contribution in [0.15, 0.2) is 18.3 Å². The van der Waals surface area contributed by atoms with E-state index in [0.29, 0.717) is 62.0 Å². The van der Waals surface area contributed by atoms with Gasteiger partial charge >= 0.3 is 0 Å². The number of imidazole rings is 1. The van der Waals surface area contributed by atoms with Crippen LogP contribution in [0, 0.1) is 11.7 Å². The Morgan fingerprint density at radius 2 is 1.97 bits per heavy atom. The lowest BCUT2D eigenvalue weighted by Crippen LogP contribution is -2.29. The van der Waals surface area contributed by atoms with Gasteiger partial charge in [0, 0.05) is 23.6 Å². The minimum atomic E-state index is -0.594. The third-order valence-corrected chi connectivity index (χ3v) is 6.92. The standard InChI is InChI=1S/C22H24Cl2FN7O2/c23-12-7-15(24)18(16(25)8-12)30-22-29-17-9-27-21(28-13-5-6-34-10-13)31-20(17)32(22)14-3-1-11(2-4-14)19(26)33/h7-9,11,13-14H,1-6,10H2,(H2,26,33)(H,29,30)(H,27,28,31)/t11?,13-,14?/m0/s1. The molecule has 2 aromatic heterocycles. The average molecular weight is 508 g/mol. The molecule has 5 rings (SSSR count). The topological polar surface area (TPSA) is 120 Å². The Morgan fingerprint density at radius 1 is 1.18 bits per heavy atom. The number of anilines is 3. The molecular formula is C22H24Cl2FN7O2. The van der Waals surface area contributed by atoms with Crippen LogP contribution in [0.5, 0.6) is 0 Å². The second-order valence-electron chi connectivity index (χ2n) is 8.69. The molecular weight excluding hydrogens is 484 g/mol. The molecule has 1 aliphatic carbocycles. The van der Waals surface area contributed by atoms with Gasteiger partial charge in [-0.05, 0) is 44.2 Å². The van der Waals surface area contributed by atoms with Crippen molar-refractivity contribution in [1.29, 1.82) is 0 Å². The summed E-state index contributed by atoms with van der Waals surface area (Å²) in [5.74, 6) is -0.175. The maximum absolute atomic E-state index is 14.7. The van der Waals surface area contributed by atoms with E-state index >= 15 is 0 Å². The molecule has 2 aliphatic rings. The zero-order valence-electron chi connectivity index (χ0n) is 18.2. The summed E-state index contributed by atoms with van der Waals surface area (Å²) in [6, 6.07) is 2.77. The number of nitrogens with one attached hydrogen (secondary N) is 2. The lowest BCUT2D eigenvalue weighted by molar-refractivity contribution is -0.122. The number of hydrogen-bond donors (Lipinski definition) is 3. The molecule has 0 radical (unpaired) electrons. The van der Waals surface area contributed by atoms with Crippen molar-refractivity contribution < 1.29 is 13.9 Å². The number of carbonyl (C=O) groups excluding carboxylic acids is 1. The van der Waals surface area contributed by atoms with Crippen LogP contribution < -0.4 is 16.4 Å². The maximum atomic E-state index is 14.7. The van der Waals surface area contributed by atoms with Crippen LogP contribution in [0.3, 0.4) is 0 Å². The summed E-state index contributed by atoms with van der Waals surface area (Å²) >= 11 is 12.2. The molecule has 1 amide bonds. The number of halogens is 3. The van der Waals surface area contributed by atoms with Crippen LogP contribution in [-0.2, 0) is 9.53 Å². The first-order valence-corrected chi connectivity index (χ1v) is 11.9. The number of benzene rings is 1. The minimum absolute atomic E-state index is 0.0187. The van der Waals surface area contributed by atoms with E-state index in [1.807, 2.05) is 4.57 Å². The van der Waals surface area contributed by atoms with Crippen LogP contribution in [0.2, 0.25) is 10.0 Å². The van der Waals surface area contributed by atoms with Crippen molar-refractivity contribution in [3.8, 4) is 0 Å². The predicted molar refractivity (Wildman–Crippen MR) is 128 cm³/mol. The van der Waals surface area contributed by atoms with Crippen molar-refractivity contribution >= 4 is 57.9 Å². The van der Waals surface area contributed by atoms with Gasteiger partial charge < -0.3 is 21.1 Å². The van der Waals surface area contributed by atoms with E-state index in [0.717, 1.165) is 6.42 Å².